The van der Waals surface area contributed by atoms with E-state index in [0.29, 0.717) is 0 Å². The smallest absolute Gasteiger partial charge is 0.0656 e. The predicted octanol–water partition coefficient (Wildman–Crippen LogP) is 3.64. The number of benzene rings is 1. The van der Waals surface area contributed by atoms with Gasteiger partial charge in [0.2, 0.25) is 0 Å². The van der Waals surface area contributed by atoms with E-state index in [0.717, 1.165) is 13.1 Å². The third-order valence-electron chi connectivity index (χ3n) is 2.12. The molecule has 0 saturated carbocycles. The van der Waals surface area contributed by atoms with Crippen molar-refractivity contribution < 1.29 is 0 Å². The van der Waals surface area contributed by atoms with Crippen LogP contribution in [0.15, 0.2) is 41.8 Å². The summed E-state index contributed by atoms with van der Waals surface area (Å²) in [7, 11) is 0. The van der Waals surface area contributed by atoms with Gasteiger partial charge in [-0.05, 0) is 45.2 Å². The molecule has 1 nitrogen and oxygen atoms in total. The molecule has 1 N–H and O–H groups in total. The highest BCUT2D eigenvalue weighted by molar-refractivity contribution is 14.1. The Hall–Kier alpha value is -0.390. The number of halogens is 1. The maximum absolute atomic E-state index is 3.43. The highest BCUT2D eigenvalue weighted by Gasteiger charge is 1.96. The average Bonchev–Trinajstić information content (AvgIpc) is 2.66. The lowest BCUT2D eigenvalue weighted by atomic mass is 10.2. The zero-order chi connectivity index (χ0) is 10.5. The summed E-state index contributed by atoms with van der Waals surface area (Å²) in [5, 5.41) is 5.64. The molecule has 0 atom stereocenters. The van der Waals surface area contributed by atoms with Crippen LogP contribution in [0, 0.1) is 2.88 Å². The highest BCUT2D eigenvalue weighted by atomic mass is 127. The second-order valence-corrected chi connectivity index (χ2v) is 6.15. The van der Waals surface area contributed by atoms with E-state index in [1.54, 1.807) is 11.3 Å². The average molecular weight is 329 g/mol. The third-order valence-corrected chi connectivity index (χ3v) is 3.96. The summed E-state index contributed by atoms with van der Waals surface area (Å²) < 4.78 is 1.35. The summed E-state index contributed by atoms with van der Waals surface area (Å²) >= 11 is 4.15. The number of thiophene rings is 1. The van der Waals surface area contributed by atoms with Crippen molar-refractivity contribution in [3.8, 4) is 0 Å². The fourth-order valence-corrected chi connectivity index (χ4v) is 2.80. The van der Waals surface area contributed by atoms with Crippen LogP contribution in [0.2, 0.25) is 0 Å². The zero-order valence-corrected chi connectivity index (χ0v) is 11.2. The normalized spacial score (nSPS) is 10.5. The van der Waals surface area contributed by atoms with E-state index in [1.165, 1.54) is 14.0 Å². The monoisotopic (exact) mass is 329 g/mol. The maximum Gasteiger partial charge on any atom is 0.0656 e. The lowest BCUT2D eigenvalue weighted by molar-refractivity contribution is 0.695. The highest BCUT2D eigenvalue weighted by Crippen LogP contribution is 2.16. The van der Waals surface area contributed by atoms with Gasteiger partial charge in [-0.3, -0.25) is 0 Å². The molecule has 0 spiro atoms. The lowest BCUT2D eigenvalue weighted by Crippen LogP contribution is -2.11. The minimum absolute atomic E-state index is 0.938. The lowest BCUT2D eigenvalue weighted by Gasteiger charge is -2.02. The van der Waals surface area contributed by atoms with Crippen molar-refractivity contribution >= 4 is 33.9 Å². The SMILES string of the molecule is Ic1cc(CNCc2ccccc2)cs1. The third kappa shape index (κ3) is 3.59. The summed E-state index contributed by atoms with van der Waals surface area (Å²) in [5.74, 6) is 0. The second kappa shape index (κ2) is 5.63. The molecule has 0 aliphatic carbocycles. The van der Waals surface area contributed by atoms with Gasteiger partial charge < -0.3 is 5.32 Å². The van der Waals surface area contributed by atoms with Gasteiger partial charge in [-0.15, -0.1) is 11.3 Å². The van der Waals surface area contributed by atoms with Gasteiger partial charge in [0.05, 0.1) is 2.88 Å². The fraction of sp³-hybridized carbons (Fsp3) is 0.167. The minimum atomic E-state index is 0.938. The van der Waals surface area contributed by atoms with E-state index in [4.69, 9.17) is 0 Å². The zero-order valence-electron chi connectivity index (χ0n) is 8.24. The molecule has 1 heterocycles. The molecule has 2 rings (SSSR count). The van der Waals surface area contributed by atoms with Crippen molar-refractivity contribution in [1.82, 2.24) is 5.32 Å². The molecule has 0 bridgehead atoms. The molecule has 15 heavy (non-hydrogen) atoms. The summed E-state index contributed by atoms with van der Waals surface area (Å²) in [6.07, 6.45) is 0. The van der Waals surface area contributed by atoms with Gasteiger partial charge in [0.15, 0.2) is 0 Å². The van der Waals surface area contributed by atoms with E-state index < -0.39 is 0 Å². The largest absolute Gasteiger partial charge is 0.309 e. The van der Waals surface area contributed by atoms with Crippen LogP contribution in [0.1, 0.15) is 11.1 Å². The van der Waals surface area contributed by atoms with Gasteiger partial charge in [0, 0.05) is 13.1 Å². The molecule has 0 amide bonds. The summed E-state index contributed by atoms with van der Waals surface area (Å²) in [4.78, 5) is 0. The van der Waals surface area contributed by atoms with Crippen molar-refractivity contribution in [2.75, 3.05) is 0 Å². The fourth-order valence-electron chi connectivity index (χ4n) is 1.39. The van der Waals surface area contributed by atoms with Crippen LogP contribution < -0.4 is 5.32 Å². The van der Waals surface area contributed by atoms with Crippen molar-refractivity contribution in [3.63, 3.8) is 0 Å². The van der Waals surface area contributed by atoms with Crippen LogP contribution in [-0.2, 0) is 13.1 Å². The summed E-state index contributed by atoms with van der Waals surface area (Å²) in [6.45, 7) is 1.89. The van der Waals surface area contributed by atoms with Crippen LogP contribution in [-0.4, -0.2) is 0 Å². The van der Waals surface area contributed by atoms with Crippen LogP contribution in [0.5, 0.6) is 0 Å². The first-order valence-corrected chi connectivity index (χ1v) is 6.78. The Balaban J connectivity index is 1.80. The first-order chi connectivity index (χ1) is 7.34. The summed E-state index contributed by atoms with van der Waals surface area (Å²) in [6, 6.07) is 12.7. The first-order valence-electron chi connectivity index (χ1n) is 4.82. The molecule has 3 heteroatoms. The van der Waals surface area contributed by atoms with Crippen molar-refractivity contribution in [2.45, 2.75) is 13.1 Å². The molecule has 0 saturated heterocycles. The van der Waals surface area contributed by atoms with Crippen LogP contribution in [0.4, 0.5) is 0 Å². The van der Waals surface area contributed by atoms with Gasteiger partial charge in [0.25, 0.3) is 0 Å². The second-order valence-electron chi connectivity index (χ2n) is 3.35. The molecule has 78 valence electrons. The number of nitrogens with one attached hydrogen (secondary N) is 1. The molecule has 2 aromatic rings. The first kappa shape index (κ1) is 11.1. The van der Waals surface area contributed by atoms with E-state index >= 15 is 0 Å². The summed E-state index contributed by atoms with van der Waals surface area (Å²) in [5.41, 5.74) is 2.71. The van der Waals surface area contributed by atoms with Crippen molar-refractivity contribution in [3.05, 3.63) is 55.8 Å². The molecule has 0 fully saturated rings. The molecule has 0 aliphatic heterocycles. The van der Waals surface area contributed by atoms with E-state index in [2.05, 4.69) is 63.6 Å². The standard InChI is InChI=1S/C12H12INS/c13-12-6-11(9-15-12)8-14-7-10-4-2-1-3-5-10/h1-6,9,14H,7-8H2. The quantitative estimate of drug-likeness (QED) is 0.845. The number of rotatable bonds is 4. The van der Waals surface area contributed by atoms with Gasteiger partial charge in [0.1, 0.15) is 0 Å². The van der Waals surface area contributed by atoms with E-state index in [9.17, 15) is 0 Å². The predicted molar refractivity (Wildman–Crippen MR) is 74.0 cm³/mol. The molecular formula is C12H12INS. The Kier molecular flexibility index (Phi) is 4.17. The maximum atomic E-state index is 3.43. The van der Waals surface area contributed by atoms with Gasteiger partial charge >= 0.3 is 0 Å². The Labute approximate surface area is 108 Å². The number of hydrogen-bond acceptors (Lipinski definition) is 2. The minimum Gasteiger partial charge on any atom is -0.309 e. The van der Waals surface area contributed by atoms with Crippen LogP contribution in [0.3, 0.4) is 0 Å². The molecule has 0 radical (unpaired) electrons. The molecule has 0 aliphatic rings. The Morgan fingerprint density at radius 2 is 1.80 bits per heavy atom. The van der Waals surface area contributed by atoms with Crippen molar-refractivity contribution in [1.29, 1.82) is 0 Å². The Morgan fingerprint density at radius 1 is 1.07 bits per heavy atom. The number of hydrogen-bond donors (Lipinski definition) is 1. The van der Waals surface area contributed by atoms with Crippen LogP contribution in [0.25, 0.3) is 0 Å². The van der Waals surface area contributed by atoms with E-state index in [-0.39, 0.29) is 0 Å². The van der Waals surface area contributed by atoms with Gasteiger partial charge in [-0.2, -0.15) is 0 Å². The molecule has 0 unspecified atom stereocenters. The molecule has 1 aromatic carbocycles. The van der Waals surface area contributed by atoms with Gasteiger partial charge in [-0.25, -0.2) is 0 Å². The molecule has 1 aromatic heterocycles. The van der Waals surface area contributed by atoms with Crippen LogP contribution >= 0.6 is 33.9 Å². The Morgan fingerprint density at radius 3 is 2.47 bits per heavy atom. The van der Waals surface area contributed by atoms with Crippen molar-refractivity contribution in [2.24, 2.45) is 0 Å². The Bertz CT molecular complexity index is 411. The van der Waals surface area contributed by atoms with E-state index in [1.807, 2.05) is 6.07 Å². The molecular weight excluding hydrogens is 317 g/mol. The topological polar surface area (TPSA) is 12.0 Å². The van der Waals surface area contributed by atoms with Gasteiger partial charge in [-0.1, -0.05) is 30.3 Å².